The van der Waals surface area contributed by atoms with Gasteiger partial charge >= 0.3 is 0 Å². The SMILES string of the molecule is CCNC(=NCCCN1CCCC(C(N)=O)C1)N1CCN(c2ccccn2)CC1. The van der Waals surface area contributed by atoms with Crippen LogP contribution in [0.4, 0.5) is 5.82 Å². The molecule has 3 heterocycles. The molecular formula is C21H35N7O. The number of amides is 1. The molecule has 3 N–H and O–H groups in total. The minimum atomic E-state index is -0.160. The third-order valence-corrected chi connectivity index (χ3v) is 5.69. The number of nitrogens with zero attached hydrogens (tertiary/aromatic N) is 5. The summed E-state index contributed by atoms with van der Waals surface area (Å²) >= 11 is 0. The molecule has 160 valence electrons. The van der Waals surface area contributed by atoms with Crippen LogP contribution in [0.2, 0.25) is 0 Å². The number of carbonyl (C=O) groups is 1. The van der Waals surface area contributed by atoms with Crippen LogP contribution in [0.25, 0.3) is 0 Å². The van der Waals surface area contributed by atoms with E-state index in [1.807, 2.05) is 18.3 Å². The zero-order valence-corrected chi connectivity index (χ0v) is 17.6. The second-order valence-electron chi connectivity index (χ2n) is 7.79. The van der Waals surface area contributed by atoms with E-state index < -0.39 is 0 Å². The molecule has 2 saturated heterocycles. The lowest BCUT2D eigenvalue weighted by molar-refractivity contribution is -0.123. The lowest BCUT2D eigenvalue weighted by Crippen LogP contribution is -2.52. The van der Waals surface area contributed by atoms with Gasteiger partial charge < -0.3 is 25.8 Å². The minimum absolute atomic E-state index is 0.0139. The molecule has 0 bridgehead atoms. The maximum atomic E-state index is 11.4. The minimum Gasteiger partial charge on any atom is -0.369 e. The molecule has 29 heavy (non-hydrogen) atoms. The van der Waals surface area contributed by atoms with Gasteiger partial charge in [0.1, 0.15) is 5.82 Å². The standard InChI is InChI=1S/C21H35N7O/c1-2-23-21(25-10-6-12-26-11-5-7-18(17-26)20(22)29)28-15-13-27(14-16-28)19-8-3-4-9-24-19/h3-4,8-9,18H,2,5-7,10-17H2,1H3,(H2,22,29)(H,23,25). The predicted molar refractivity (Wildman–Crippen MR) is 117 cm³/mol. The molecule has 2 fully saturated rings. The van der Waals surface area contributed by atoms with Crippen LogP contribution >= 0.6 is 0 Å². The number of carbonyl (C=O) groups excluding carboxylic acids is 1. The van der Waals surface area contributed by atoms with Crippen molar-refractivity contribution < 1.29 is 4.79 Å². The molecule has 1 amide bonds. The summed E-state index contributed by atoms with van der Waals surface area (Å²) in [6.45, 7) is 10.4. The van der Waals surface area contributed by atoms with E-state index in [1.165, 1.54) is 0 Å². The maximum Gasteiger partial charge on any atom is 0.221 e. The van der Waals surface area contributed by atoms with Gasteiger partial charge in [-0.15, -0.1) is 0 Å². The summed E-state index contributed by atoms with van der Waals surface area (Å²) in [5, 5.41) is 3.43. The van der Waals surface area contributed by atoms with Gasteiger partial charge in [-0.05, 0) is 51.4 Å². The normalized spacial score (nSPS) is 21.3. The Morgan fingerprint density at radius 2 is 2.10 bits per heavy atom. The summed E-state index contributed by atoms with van der Waals surface area (Å²) < 4.78 is 0. The Balaban J connectivity index is 1.44. The molecule has 1 aromatic heterocycles. The van der Waals surface area contributed by atoms with Gasteiger partial charge in [0.05, 0.1) is 5.92 Å². The Kier molecular flexibility index (Phi) is 8.10. The second kappa shape index (κ2) is 11.0. The fourth-order valence-electron chi connectivity index (χ4n) is 4.08. The first kappa shape index (κ1) is 21.4. The largest absolute Gasteiger partial charge is 0.369 e. The van der Waals surface area contributed by atoms with Crippen molar-refractivity contribution in [1.29, 1.82) is 0 Å². The Labute approximate surface area is 174 Å². The average molecular weight is 402 g/mol. The number of rotatable bonds is 7. The number of piperazine rings is 1. The number of nitrogens with two attached hydrogens (primary N) is 1. The fourth-order valence-corrected chi connectivity index (χ4v) is 4.08. The third kappa shape index (κ3) is 6.32. The van der Waals surface area contributed by atoms with E-state index in [9.17, 15) is 4.79 Å². The van der Waals surface area contributed by atoms with E-state index in [-0.39, 0.29) is 11.8 Å². The first-order chi connectivity index (χ1) is 14.2. The summed E-state index contributed by atoms with van der Waals surface area (Å²) in [6, 6.07) is 6.06. The molecular weight excluding hydrogens is 366 g/mol. The lowest BCUT2D eigenvalue weighted by atomic mass is 9.97. The second-order valence-corrected chi connectivity index (χ2v) is 7.79. The molecule has 8 nitrogen and oxygen atoms in total. The summed E-state index contributed by atoms with van der Waals surface area (Å²) in [5.41, 5.74) is 5.48. The molecule has 0 aromatic carbocycles. The van der Waals surface area contributed by atoms with Crippen LogP contribution in [-0.2, 0) is 4.79 Å². The lowest BCUT2D eigenvalue weighted by Gasteiger charge is -2.37. The number of pyridine rings is 1. The number of guanidine groups is 1. The number of piperidine rings is 1. The highest BCUT2D eigenvalue weighted by Gasteiger charge is 2.23. The van der Waals surface area contributed by atoms with Crippen molar-refractivity contribution >= 4 is 17.7 Å². The van der Waals surface area contributed by atoms with Gasteiger partial charge in [0.25, 0.3) is 0 Å². The van der Waals surface area contributed by atoms with Gasteiger partial charge in [-0.25, -0.2) is 4.98 Å². The summed E-state index contributed by atoms with van der Waals surface area (Å²) in [5.74, 6) is 1.90. The number of hydrogen-bond acceptors (Lipinski definition) is 5. The van der Waals surface area contributed by atoms with Crippen molar-refractivity contribution in [2.45, 2.75) is 26.2 Å². The van der Waals surface area contributed by atoms with Gasteiger partial charge in [0.15, 0.2) is 5.96 Å². The van der Waals surface area contributed by atoms with E-state index in [4.69, 9.17) is 10.7 Å². The highest BCUT2D eigenvalue weighted by atomic mass is 16.1. The van der Waals surface area contributed by atoms with Crippen LogP contribution in [0.3, 0.4) is 0 Å². The van der Waals surface area contributed by atoms with Crippen molar-refractivity contribution in [1.82, 2.24) is 20.1 Å². The zero-order chi connectivity index (χ0) is 20.5. The molecule has 0 spiro atoms. The van der Waals surface area contributed by atoms with Crippen molar-refractivity contribution in [3.05, 3.63) is 24.4 Å². The van der Waals surface area contributed by atoms with Crippen molar-refractivity contribution in [2.75, 3.05) is 63.8 Å². The predicted octanol–water partition coefficient (Wildman–Crippen LogP) is 0.757. The van der Waals surface area contributed by atoms with Crippen LogP contribution in [0.5, 0.6) is 0 Å². The molecule has 8 heteroatoms. The van der Waals surface area contributed by atoms with Gasteiger partial charge in [-0.1, -0.05) is 6.07 Å². The molecule has 0 saturated carbocycles. The van der Waals surface area contributed by atoms with E-state index in [0.717, 1.165) is 89.9 Å². The number of aliphatic imine (C=N–C) groups is 1. The summed E-state index contributed by atoms with van der Waals surface area (Å²) in [7, 11) is 0. The topological polar surface area (TPSA) is 90.1 Å². The molecule has 1 aromatic rings. The molecule has 0 radical (unpaired) electrons. The van der Waals surface area contributed by atoms with E-state index >= 15 is 0 Å². The third-order valence-electron chi connectivity index (χ3n) is 5.69. The van der Waals surface area contributed by atoms with Crippen LogP contribution in [0.1, 0.15) is 26.2 Å². The smallest absolute Gasteiger partial charge is 0.221 e. The van der Waals surface area contributed by atoms with Crippen LogP contribution < -0.4 is 16.0 Å². The van der Waals surface area contributed by atoms with Crippen molar-refractivity contribution in [3.8, 4) is 0 Å². The van der Waals surface area contributed by atoms with Crippen LogP contribution in [0.15, 0.2) is 29.4 Å². The Morgan fingerprint density at radius 1 is 1.28 bits per heavy atom. The first-order valence-corrected chi connectivity index (χ1v) is 10.9. The molecule has 1 unspecified atom stereocenters. The number of aromatic nitrogens is 1. The number of anilines is 1. The Morgan fingerprint density at radius 3 is 2.79 bits per heavy atom. The Hall–Kier alpha value is -2.35. The van der Waals surface area contributed by atoms with Crippen LogP contribution in [-0.4, -0.2) is 85.6 Å². The first-order valence-electron chi connectivity index (χ1n) is 10.9. The number of likely N-dealkylation sites (tertiary alicyclic amines) is 1. The highest BCUT2D eigenvalue weighted by molar-refractivity contribution is 5.80. The van der Waals surface area contributed by atoms with Gasteiger partial charge in [-0.2, -0.15) is 0 Å². The average Bonchev–Trinajstić information content (AvgIpc) is 2.77. The van der Waals surface area contributed by atoms with Gasteiger partial charge in [0.2, 0.25) is 5.91 Å². The fraction of sp³-hybridized carbons (Fsp3) is 0.667. The molecule has 3 rings (SSSR count). The molecule has 2 aliphatic rings. The van der Waals surface area contributed by atoms with Gasteiger partial charge in [0, 0.05) is 52.0 Å². The Bertz CT molecular complexity index is 658. The number of nitrogens with one attached hydrogen (secondary N) is 1. The van der Waals surface area contributed by atoms with Crippen molar-refractivity contribution in [2.24, 2.45) is 16.6 Å². The maximum absolute atomic E-state index is 11.4. The van der Waals surface area contributed by atoms with Gasteiger partial charge in [-0.3, -0.25) is 9.79 Å². The van der Waals surface area contributed by atoms with E-state index in [0.29, 0.717) is 0 Å². The van der Waals surface area contributed by atoms with Crippen LogP contribution in [0, 0.1) is 5.92 Å². The van der Waals surface area contributed by atoms with Crippen molar-refractivity contribution in [3.63, 3.8) is 0 Å². The molecule has 1 atom stereocenters. The van der Waals surface area contributed by atoms with E-state index in [2.05, 4.69) is 38.0 Å². The number of hydrogen-bond donors (Lipinski definition) is 2. The van der Waals surface area contributed by atoms with E-state index in [1.54, 1.807) is 0 Å². The number of primary amides is 1. The molecule has 2 aliphatic heterocycles. The zero-order valence-electron chi connectivity index (χ0n) is 17.6. The highest BCUT2D eigenvalue weighted by Crippen LogP contribution is 2.16. The monoisotopic (exact) mass is 401 g/mol. The summed E-state index contributed by atoms with van der Waals surface area (Å²) in [6.07, 6.45) is 4.83. The molecule has 0 aliphatic carbocycles. The summed E-state index contributed by atoms with van der Waals surface area (Å²) in [4.78, 5) is 27.8. The quantitative estimate of drug-likeness (QED) is 0.398.